The Bertz CT molecular complexity index is 1590. The number of hydrazone groups is 1. The Morgan fingerprint density at radius 3 is 2.38 bits per heavy atom. The minimum Gasteiger partial charge on any atom is -0.489 e. The lowest BCUT2D eigenvalue weighted by Gasteiger charge is -2.07. The number of amides is 1. The molecule has 0 saturated carbocycles. The Labute approximate surface area is 239 Å². The van der Waals surface area contributed by atoms with Crippen LogP contribution in [0.25, 0.3) is 11.3 Å². The van der Waals surface area contributed by atoms with Crippen LogP contribution in [0, 0.1) is 0 Å². The van der Waals surface area contributed by atoms with Crippen LogP contribution in [0.15, 0.2) is 108 Å². The maximum atomic E-state index is 12.6. The van der Waals surface area contributed by atoms with Crippen LogP contribution in [0.3, 0.4) is 0 Å². The monoisotopic (exact) mass is 572 g/mol. The van der Waals surface area contributed by atoms with Gasteiger partial charge in [-0.1, -0.05) is 59.6 Å². The van der Waals surface area contributed by atoms with Crippen molar-refractivity contribution in [2.45, 2.75) is 6.61 Å². The van der Waals surface area contributed by atoms with Crippen LogP contribution in [0.1, 0.15) is 21.5 Å². The largest absolute Gasteiger partial charge is 0.489 e. The summed E-state index contributed by atoms with van der Waals surface area (Å²) in [6.07, 6.45) is 1.58. The molecule has 5 aromatic rings. The SMILES string of the molecule is O=C(N/N=C\c1cccc(OCc2ccc(Cl)cc2)c1)c1ccc(-c2csc(Nc3ccc(Cl)cc3)n2)cc1. The molecule has 0 aliphatic rings. The fourth-order valence-corrected chi connectivity index (χ4v) is 4.57. The number of aromatic nitrogens is 1. The molecule has 2 N–H and O–H groups in total. The smallest absolute Gasteiger partial charge is 0.271 e. The summed E-state index contributed by atoms with van der Waals surface area (Å²) in [5.41, 5.74) is 7.51. The zero-order valence-corrected chi connectivity index (χ0v) is 22.8. The predicted octanol–water partition coefficient (Wildman–Crippen LogP) is 8.20. The summed E-state index contributed by atoms with van der Waals surface area (Å²) in [6, 6.07) is 29.6. The maximum absolute atomic E-state index is 12.6. The molecule has 5 rings (SSSR count). The predicted molar refractivity (Wildman–Crippen MR) is 160 cm³/mol. The average molecular weight is 574 g/mol. The molecule has 0 atom stereocenters. The number of benzene rings is 4. The number of halogens is 2. The molecule has 0 bridgehead atoms. The summed E-state index contributed by atoms with van der Waals surface area (Å²) in [7, 11) is 0. The molecule has 1 heterocycles. The molecule has 1 amide bonds. The molecule has 6 nitrogen and oxygen atoms in total. The van der Waals surface area contributed by atoms with Gasteiger partial charge in [0.1, 0.15) is 12.4 Å². The lowest BCUT2D eigenvalue weighted by molar-refractivity contribution is 0.0955. The molecule has 0 saturated heterocycles. The molecule has 9 heteroatoms. The third-order valence-electron chi connectivity index (χ3n) is 5.60. The van der Waals surface area contributed by atoms with Crippen LogP contribution < -0.4 is 15.5 Å². The van der Waals surface area contributed by atoms with Crippen molar-refractivity contribution in [1.82, 2.24) is 10.4 Å². The number of anilines is 2. The Kier molecular flexibility index (Phi) is 8.53. The first kappa shape index (κ1) is 26.4. The van der Waals surface area contributed by atoms with E-state index in [0.717, 1.165) is 33.2 Å². The fourth-order valence-electron chi connectivity index (χ4n) is 3.57. The van der Waals surface area contributed by atoms with Gasteiger partial charge in [0.05, 0.1) is 11.9 Å². The van der Waals surface area contributed by atoms with Gasteiger partial charge in [0.25, 0.3) is 5.91 Å². The van der Waals surface area contributed by atoms with Gasteiger partial charge < -0.3 is 10.1 Å². The Hall–Kier alpha value is -4.17. The summed E-state index contributed by atoms with van der Waals surface area (Å²) in [6.45, 7) is 0.422. The lowest BCUT2D eigenvalue weighted by Crippen LogP contribution is -2.17. The minimum absolute atomic E-state index is 0.309. The Morgan fingerprint density at radius 1 is 0.923 bits per heavy atom. The highest BCUT2D eigenvalue weighted by Gasteiger charge is 2.08. The van der Waals surface area contributed by atoms with Crippen molar-refractivity contribution in [3.05, 3.63) is 129 Å². The molecule has 0 fully saturated rings. The zero-order chi connectivity index (χ0) is 27.0. The van der Waals surface area contributed by atoms with Crippen molar-refractivity contribution in [3.8, 4) is 17.0 Å². The quantitative estimate of drug-likeness (QED) is 0.138. The summed E-state index contributed by atoms with van der Waals surface area (Å²) < 4.78 is 5.85. The van der Waals surface area contributed by atoms with Crippen molar-refractivity contribution in [3.63, 3.8) is 0 Å². The zero-order valence-electron chi connectivity index (χ0n) is 20.5. The normalized spacial score (nSPS) is 10.9. The summed E-state index contributed by atoms with van der Waals surface area (Å²) in [5, 5.41) is 11.5. The topological polar surface area (TPSA) is 75.6 Å². The van der Waals surface area contributed by atoms with E-state index < -0.39 is 0 Å². The van der Waals surface area contributed by atoms with E-state index in [1.165, 1.54) is 11.3 Å². The molecule has 0 unspecified atom stereocenters. The van der Waals surface area contributed by atoms with Crippen LogP contribution in [-0.2, 0) is 6.61 Å². The highest BCUT2D eigenvalue weighted by molar-refractivity contribution is 7.14. The second-order valence-electron chi connectivity index (χ2n) is 8.43. The molecule has 0 aliphatic carbocycles. The van der Waals surface area contributed by atoms with Crippen molar-refractivity contribution in [1.29, 1.82) is 0 Å². The molecule has 0 aliphatic heterocycles. The minimum atomic E-state index is -0.309. The summed E-state index contributed by atoms with van der Waals surface area (Å²) >= 11 is 13.4. The van der Waals surface area contributed by atoms with Gasteiger partial charge in [0.15, 0.2) is 5.13 Å². The lowest BCUT2D eigenvalue weighted by atomic mass is 10.1. The van der Waals surface area contributed by atoms with Gasteiger partial charge in [-0.25, -0.2) is 10.4 Å². The van der Waals surface area contributed by atoms with E-state index >= 15 is 0 Å². The van der Waals surface area contributed by atoms with Crippen molar-refractivity contribution in [2.24, 2.45) is 5.10 Å². The van der Waals surface area contributed by atoms with E-state index in [2.05, 4.69) is 20.8 Å². The van der Waals surface area contributed by atoms with Crippen LogP contribution in [0.4, 0.5) is 10.8 Å². The summed E-state index contributed by atoms with van der Waals surface area (Å²) in [5.74, 6) is 0.390. The van der Waals surface area contributed by atoms with Gasteiger partial charge in [-0.05, 0) is 71.8 Å². The number of carbonyl (C=O) groups excluding carboxylic acids is 1. The highest BCUT2D eigenvalue weighted by atomic mass is 35.5. The Morgan fingerprint density at radius 2 is 1.64 bits per heavy atom. The van der Waals surface area contributed by atoms with Crippen molar-refractivity contribution in [2.75, 3.05) is 5.32 Å². The number of ether oxygens (including phenoxy) is 1. The number of nitrogens with one attached hydrogen (secondary N) is 2. The van der Waals surface area contributed by atoms with E-state index in [-0.39, 0.29) is 5.91 Å². The van der Waals surface area contributed by atoms with Crippen LogP contribution in [0.2, 0.25) is 10.0 Å². The van der Waals surface area contributed by atoms with E-state index in [9.17, 15) is 4.79 Å². The molecular formula is C30H22Cl2N4O2S. The van der Waals surface area contributed by atoms with Gasteiger partial charge in [0.2, 0.25) is 0 Å². The fraction of sp³-hybridized carbons (Fsp3) is 0.0333. The van der Waals surface area contributed by atoms with Gasteiger partial charge >= 0.3 is 0 Å². The molecular weight excluding hydrogens is 551 g/mol. The van der Waals surface area contributed by atoms with E-state index in [1.807, 2.05) is 90.3 Å². The standard InChI is InChI=1S/C30H22Cl2N4O2S/c31-24-10-4-20(5-11-24)18-38-27-3-1-2-21(16-27)17-33-36-29(37)23-8-6-22(7-9-23)28-19-39-30(35-28)34-26-14-12-25(32)13-15-26/h1-17,19H,18H2,(H,34,35)(H,36,37)/b33-17-. The number of carbonyl (C=O) groups is 1. The second kappa shape index (κ2) is 12.6. The number of hydrogen-bond donors (Lipinski definition) is 2. The molecule has 39 heavy (non-hydrogen) atoms. The number of nitrogens with zero attached hydrogens (tertiary/aromatic N) is 2. The first-order valence-electron chi connectivity index (χ1n) is 11.9. The van der Waals surface area contributed by atoms with Gasteiger partial charge in [0, 0.05) is 32.2 Å². The van der Waals surface area contributed by atoms with E-state index in [1.54, 1.807) is 18.3 Å². The van der Waals surface area contributed by atoms with Gasteiger partial charge in [-0.2, -0.15) is 5.10 Å². The number of rotatable bonds is 9. The second-order valence-corrected chi connectivity index (χ2v) is 10.2. The number of hydrogen-bond acceptors (Lipinski definition) is 6. The third kappa shape index (κ3) is 7.45. The van der Waals surface area contributed by atoms with Crippen molar-refractivity contribution < 1.29 is 9.53 Å². The first-order valence-corrected chi connectivity index (χ1v) is 13.5. The first-order chi connectivity index (χ1) is 19.0. The molecule has 0 radical (unpaired) electrons. The molecule has 1 aromatic heterocycles. The molecule has 0 spiro atoms. The Balaban J connectivity index is 1.14. The molecule has 194 valence electrons. The van der Waals surface area contributed by atoms with Crippen LogP contribution in [0.5, 0.6) is 5.75 Å². The average Bonchev–Trinajstić information content (AvgIpc) is 3.43. The van der Waals surface area contributed by atoms with Crippen molar-refractivity contribution >= 4 is 57.5 Å². The number of thiazole rings is 1. The van der Waals surface area contributed by atoms with Crippen LogP contribution >= 0.6 is 34.5 Å². The van der Waals surface area contributed by atoms with E-state index in [0.29, 0.717) is 28.0 Å². The maximum Gasteiger partial charge on any atom is 0.271 e. The summed E-state index contributed by atoms with van der Waals surface area (Å²) in [4.78, 5) is 17.2. The van der Waals surface area contributed by atoms with Gasteiger partial charge in [-0.15, -0.1) is 11.3 Å². The van der Waals surface area contributed by atoms with Gasteiger partial charge in [-0.3, -0.25) is 4.79 Å². The highest BCUT2D eigenvalue weighted by Crippen LogP contribution is 2.28. The van der Waals surface area contributed by atoms with E-state index in [4.69, 9.17) is 27.9 Å². The van der Waals surface area contributed by atoms with Crippen LogP contribution in [-0.4, -0.2) is 17.1 Å². The molecule has 4 aromatic carbocycles. The third-order valence-corrected chi connectivity index (χ3v) is 6.86.